The maximum Gasteiger partial charge on any atom is 0.165 e. The number of hydrogen-bond acceptors (Lipinski definition) is 4. The molecule has 1 aromatic carbocycles. The van der Waals surface area contributed by atoms with Crippen LogP contribution >= 0.6 is 0 Å². The van der Waals surface area contributed by atoms with Crippen molar-refractivity contribution < 1.29 is 14.2 Å². The predicted molar refractivity (Wildman–Crippen MR) is 54.3 cm³/mol. The molecule has 0 amide bonds. The van der Waals surface area contributed by atoms with E-state index in [1.807, 2.05) is 6.07 Å². The molecule has 1 heterocycles. The average molecular weight is 222 g/mol. The molecule has 5 heteroatoms. The number of halogens is 1. The molecule has 1 fully saturated rings. The van der Waals surface area contributed by atoms with Gasteiger partial charge in [-0.25, -0.2) is 4.39 Å². The van der Waals surface area contributed by atoms with Crippen molar-refractivity contribution in [2.45, 2.75) is 6.04 Å². The van der Waals surface area contributed by atoms with E-state index in [1.165, 1.54) is 6.07 Å². The highest BCUT2D eigenvalue weighted by Gasteiger charge is 2.23. The van der Waals surface area contributed by atoms with Gasteiger partial charge in [0, 0.05) is 12.1 Å². The van der Waals surface area contributed by atoms with Crippen molar-refractivity contribution in [1.82, 2.24) is 5.32 Å². The molecule has 2 rings (SSSR count). The van der Waals surface area contributed by atoms with Gasteiger partial charge >= 0.3 is 0 Å². The number of ether oxygens (including phenoxy) is 1. The van der Waals surface area contributed by atoms with E-state index in [-0.39, 0.29) is 17.2 Å². The van der Waals surface area contributed by atoms with E-state index in [0.717, 1.165) is 6.07 Å². The number of aromatic hydroxyl groups is 1. The molecule has 1 atom stereocenters. The van der Waals surface area contributed by atoms with E-state index in [0.29, 0.717) is 19.8 Å². The van der Waals surface area contributed by atoms with Crippen molar-refractivity contribution in [3.05, 3.63) is 29.1 Å². The lowest BCUT2D eigenvalue weighted by molar-refractivity contribution is 0.0758. The van der Waals surface area contributed by atoms with Crippen LogP contribution in [0.25, 0.3) is 0 Å². The van der Waals surface area contributed by atoms with Crippen LogP contribution in [-0.2, 0) is 4.74 Å². The van der Waals surface area contributed by atoms with Gasteiger partial charge in [0.1, 0.15) is 0 Å². The topological polar surface area (TPSA) is 65.3 Å². The maximum atomic E-state index is 13.2. The van der Waals surface area contributed by atoms with Crippen LogP contribution in [0.15, 0.2) is 12.1 Å². The summed E-state index contributed by atoms with van der Waals surface area (Å²) in [4.78, 5) is 0. The highest BCUT2D eigenvalue weighted by atomic mass is 19.1. The quantitative estimate of drug-likeness (QED) is 0.745. The lowest BCUT2D eigenvalue weighted by Crippen LogP contribution is -2.35. The highest BCUT2D eigenvalue weighted by Crippen LogP contribution is 2.31. The average Bonchev–Trinajstić information content (AvgIpc) is 2.33. The molecule has 1 saturated heterocycles. The zero-order valence-electron chi connectivity index (χ0n) is 8.53. The molecule has 1 aromatic rings. The Morgan fingerprint density at radius 3 is 3.00 bits per heavy atom. The summed E-state index contributed by atoms with van der Waals surface area (Å²) in [6.07, 6.45) is 0. The molecule has 2 N–H and O–H groups in total. The molecule has 1 aliphatic heterocycles. The SMILES string of the molecule is N#Cc1ccc(F)c(O)c1[C@@H]1COCCN1. The Morgan fingerprint density at radius 2 is 2.38 bits per heavy atom. The molecule has 0 saturated carbocycles. The smallest absolute Gasteiger partial charge is 0.165 e. The predicted octanol–water partition coefficient (Wildman–Crippen LogP) is 1.06. The van der Waals surface area contributed by atoms with Crippen LogP contribution in [0, 0.1) is 17.1 Å². The fourth-order valence-electron chi connectivity index (χ4n) is 1.78. The van der Waals surface area contributed by atoms with Crippen LogP contribution in [0.4, 0.5) is 4.39 Å². The summed E-state index contributed by atoms with van der Waals surface area (Å²) in [5.41, 5.74) is 0.545. The van der Waals surface area contributed by atoms with Gasteiger partial charge in [0.05, 0.1) is 30.9 Å². The zero-order chi connectivity index (χ0) is 11.5. The number of nitrogens with one attached hydrogen (secondary N) is 1. The van der Waals surface area contributed by atoms with Crippen LogP contribution in [0.2, 0.25) is 0 Å². The molecule has 84 valence electrons. The maximum absolute atomic E-state index is 13.2. The second kappa shape index (κ2) is 4.47. The zero-order valence-corrected chi connectivity index (χ0v) is 8.53. The third-order valence-corrected chi connectivity index (χ3v) is 2.56. The van der Waals surface area contributed by atoms with E-state index in [2.05, 4.69) is 5.32 Å². The van der Waals surface area contributed by atoms with Gasteiger partial charge in [0.15, 0.2) is 11.6 Å². The van der Waals surface area contributed by atoms with Crippen molar-refractivity contribution in [3.8, 4) is 11.8 Å². The summed E-state index contributed by atoms with van der Waals surface area (Å²) in [5.74, 6) is -1.19. The molecule has 0 radical (unpaired) electrons. The van der Waals surface area contributed by atoms with Crippen LogP contribution < -0.4 is 5.32 Å². The summed E-state index contributed by atoms with van der Waals surface area (Å²) in [7, 11) is 0. The second-order valence-corrected chi connectivity index (χ2v) is 3.55. The van der Waals surface area contributed by atoms with E-state index in [1.54, 1.807) is 0 Å². The molecule has 0 aliphatic carbocycles. The first-order chi connectivity index (χ1) is 7.74. The van der Waals surface area contributed by atoms with Crippen molar-refractivity contribution in [2.75, 3.05) is 19.8 Å². The highest BCUT2D eigenvalue weighted by molar-refractivity contribution is 5.48. The van der Waals surface area contributed by atoms with Crippen LogP contribution in [0.5, 0.6) is 5.75 Å². The molecule has 0 unspecified atom stereocenters. The monoisotopic (exact) mass is 222 g/mol. The summed E-state index contributed by atoms with van der Waals surface area (Å²) in [6.45, 7) is 1.52. The normalized spacial score (nSPS) is 20.4. The minimum absolute atomic E-state index is 0.266. The molecule has 0 aromatic heterocycles. The Balaban J connectivity index is 2.44. The van der Waals surface area contributed by atoms with Crippen molar-refractivity contribution in [1.29, 1.82) is 5.26 Å². The summed E-state index contributed by atoms with van der Waals surface area (Å²) < 4.78 is 18.4. The van der Waals surface area contributed by atoms with Gasteiger partial charge in [-0.3, -0.25) is 0 Å². The lowest BCUT2D eigenvalue weighted by Gasteiger charge is -2.25. The molecule has 0 bridgehead atoms. The largest absolute Gasteiger partial charge is 0.505 e. The van der Waals surface area contributed by atoms with E-state index >= 15 is 0 Å². The number of rotatable bonds is 1. The van der Waals surface area contributed by atoms with Crippen LogP contribution in [-0.4, -0.2) is 24.9 Å². The molecule has 1 aliphatic rings. The van der Waals surface area contributed by atoms with Crippen molar-refractivity contribution in [3.63, 3.8) is 0 Å². The van der Waals surface area contributed by atoms with Crippen molar-refractivity contribution >= 4 is 0 Å². The van der Waals surface area contributed by atoms with Gasteiger partial charge in [0.25, 0.3) is 0 Å². The first-order valence-electron chi connectivity index (χ1n) is 4.96. The Kier molecular flexibility index (Phi) is 3.04. The Hall–Kier alpha value is -1.64. The number of nitriles is 1. The third-order valence-electron chi connectivity index (χ3n) is 2.56. The van der Waals surface area contributed by atoms with E-state index in [9.17, 15) is 9.50 Å². The minimum atomic E-state index is -0.721. The molecule has 0 spiro atoms. The minimum Gasteiger partial charge on any atom is -0.505 e. The van der Waals surface area contributed by atoms with Gasteiger partial charge in [0.2, 0.25) is 0 Å². The number of phenolic OH excluding ortho intramolecular Hbond substituents is 1. The third kappa shape index (κ3) is 1.85. The van der Waals surface area contributed by atoms with Crippen LogP contribution in [0.1, 0.15) is 17.2 Å². The Bertz CT molecular complexity index is 436. The summed E-state index contributed by atoms with van der Waals surface area (Å²) in [5, 5.41) is 21.6. The number of hydrogen-bond donors (Lipinski definition) is 2. The molecular formula is C11H11FN2O2. The Labute approximate surface area is 92.3 Å². The fourth-order valence-corrected chi connectivity index (χ4v) is 1.78. The fraction of sp³-hybridized carbons (Fsp3) is 0.364. The summed E-state index contributed by atoms with van der Waals surface area (Å²) >= 11 is 0. The van der Waals surface area contributed by atoms with Gasteiger partial charge < -0.3 is 15.2 Å². The first-order valence-corrected chi connectivity index (χ1v) is 4.96. The van der Waals surface area contributed by atoms with E-state index in [4.69, 9.17) is 10.00 Å². The number of benzene rings is 1. The molecular weight excluding hydrogens is 211 g/mol. The van der Waals surface area contributed by atoms with Gasteiger partial charge in [-0.15, -0.1) is 0 Å². The summed E-state index contributed by atoms with van der Waals surface area (Å²) in [6, 6.07) is 4.05. The van der Waals surface area contributed by atoms with E-state index < -0.39 is 11.6 Å². The van der Waals surface area contributed by atoms with Gasteiger partial charge in [-0.2, -0.15) is 5.26 Å². The van der Waals surface area contributed by atoms with Crippen LogP contribution in [0.3, 0.4) is 0 Å². The number of morpholine rings is 1. The molecule has 16 heavy (non-hydrogen) atoms. The van der Waals surface area contributed by atoms with Gasteiger partial charge in [-0.05, 0) is 12.1 Å². The number of phenols is 1. The first kappa shape index (κ1) is 10.9. The number of nitrogens with zero attached hydrogens (tertiary/aromatic N) is 1. The molecule has 4 nitrogen and oxygen atoms in total. The Morgan fingerprint density at radius 1 is 1.56 bits per heavy atom. The standard InChI is InChI=1S/C11H11FN2O2/c12-8-2-1-7(5-13)10(11(8)15)9-6-16-4-3-14-9/h1-2,9,14-15H,3-4,6H2/t9-/m0/s1. The lowest BCUT2D eigenvalue weighted by atomic mass is 9.99. The van der Waals surface area contributed by atoms with Gasteiger partial charge in [-0.1, -0.05) is 0 Å². The van der Waals surface area contributed by atoms with Crippen molar-refractivity contribution in [2.24, 2.45) is 0 Å². The second-order valence-electron chi connectivity index (χ2n) is 3.55.